The molecule has 1 N–H and O–H groups in total. The molecular formula is C12H12Cl2N4O. The summed E-state index contributed by atoms with van der Waals surface area (Å²) in [7, 11) is 0. The van der Waals surface area contributed by atoms with E-state index in [1.54, 1.807) is 29.2 Å². The van der Waals surface area contributed by atoms with E-state index >= 15 is 0 Å². The molecule has 1 aromatic heterocycles. The highest BCUT2D eigenvalue weighted by molar-refractivity contribution is 6.42. The van der Waals surface area contributed by atoms with Gasteiger partial charge in [-0.3, -0.25) is 9.48 Å². The highest BCUT2D eigenvalue weighted by atomic mass is 35.5. The summed E-state index contributed by atoms with van der Waals surface area (Å²) in [5.74, 6) is -0.0708. The molecule has 0 aliphatic rings. The number of halogens is 2. The predicted molar refractivity (Wildman–Crippen MR) is 74.3 cm³/mol. The molecule has 1 aromatic carbocycles. The highest BCUT2D eigenvalue weighted by Gasteiger charge is 2.04. The zero-order valence-electron chi connectivity index (χ0n) is 10.0. The van der Waals surface area contributed by atoms with E-state index in [1.807, 2.05) is 0 Å². The second-order valence-corrected chi connectivity index (χ2v) is 4.75. The zero-order chi connectivity index (χ0) is 13.7. The van der Waals surface area contributed by atoms with Crippen molar-refractivity contribution in [3.05, 3.63) is 40.9 Å². The van der Waals surface area contributed by atoms with Crippen molar-refractivity contribution in [1.29, 1.82) is 0 Å². The second-order valence-electron chi connectivity index (χ2n) is 3.94. The number of rotatable bonds is 5. The van der Waals surface area contributed by atoms with Gasteiger partial charge in [0.15, 0.2) is 0 Å². The SMILES string of the molecule is O=C(CCCn1cncn1)Nc1ccc(Cl)c(Cl)c1. The molecule has 1 heterocycles. The smallest absolute Gasteiger partial charge is 0.224 e. The van der Waals surface area contributed by atoms with Gasteiger partial charge in [-0.15, -0.1) is 0 Å². The number of hydrogen-bond donors (Lipinski definition) is 1. The van der Waals surface area contributed by atoms with Crippen LogP contribution in [0.2, 0.25) is 10.0 Å². The third-order valence-corrected chi connectivity index (χ3v) is 3.20. The van der Waals surface area contributed by atoms with E-state index in [2.05, 4.69) is 15.4 Å². The van der Waals surface area contributed by atoms with Gasteiger partial charge >= 0.3 is 0 Å². The van der Waals surface area contributed by atoms with E-state index in [-0.39, 0.29) is 5.91 Å². The van der Waals surface area contributed by atoms with Gasteiger partial charge in [0.2, 0.25) is 5.91 Å². The minimum atomic E-state index is -0.0708. The molecule has 2 aromatic rings. The Balaban J connectivity index is 1.79. The van der Waals surface area contributed by atoms with E-state index in [4.69, 9.17) is 23.2 Å². The predicted octanol–water partition coefficient (Wildman–Crippen LogP) is 3.00. The molecule has 0 aliphatic carbocycles. The Labute approximate surface area is 120 Å². The number of carbonyl (C=O) groups is 1. The maximum Gasteiger partial charge on any atom is 0.224 e. The molecule has 0 spiro atoms. The normalized spacial score (nSPS) is 10.4. The molecule has 0 saturated heterocycles. The molecule has 7 heteroatoms. The minimum absolute atomic E-state index is 0.0708. The van der Waals surface area contributed by atoms with Crippen molar-refractivity contribution in [3.63, 3.8) is 0 Å². The van der Waals surface area contributed by atoms with Crippen LogP contribution in [0.3, 0.4) is 0 Å². The van der Waals surface area contributed by atoms with Gasteiger partial charge in [-0.1, -0.05) is 23.2 Å². The molecule has 0 atom stereocenters. The Bertz CT molecular complexity index is 557. The van der Waals surface area contributed by atoms with Crippen LogP contribution >= 0.6 is 23.2 Å². The van der Waals surface area contributed by atoms with Gasteiger partial charge in [0.1, 0.15) is 12.7 Å². The summed E-state index contributed by atoms with van der Waals surface area (Å²) in [4.78, 5) is 15.5. The second kappa shape index (κ2) is 6.54. The van der Waals surface area contributed by atoms with Crippen LogP contribution in [0.4, 0.5) is 5.69 Å². The Morgan fingerprint density at radius 1 is 1.32 bits per heavy atom. The third kappa shape index (κ3) is 4.22. The first-order valence-corrected chi connectivity index (χ1v) is 6.48. The van der Waals surface area contributed by atoms with Crippen LogP contribution in [0.15, 0.2) is 30.9 Å². The van der Waals surface area contributed by atoms with Crippen molar-refractivity contribution in [2.75, 3.05) is 5.32 Å². The van der Waals surface area contributed by atoms with Gasteiger partial charge < -0.3 is 5.32 Å². The number of anilines is 1. The number of nitrogens with one attached hydrogen (secondary N) is 1. The van der Waals surface area contributed by atoms with Gasteiger partial charge in [-0.25, -0.2) is 4.98 Å². The number of benzene rings is 1. The number of nitrogens with zero attached hydrogens (tertiary/aromatic N) is 3. The fourth-order valence-corrected chi connectivity index (χ4v) is 1.85. The molecule has 2 rings (SSSR count). The molecule has 0 saturated carbocycles. The standard InChI is InChI=1S/C12H12Cl2N4O/c13-10-4-3-9(6-11(10)14)17-12(19)2-1-5-18-8-15-7-16-18/h3-4,6-8H,1-2,5H2,(H,17,19). The van der Waals surface area contributed by atoms with E-state index in [9.17, 15) is 4.79 Å². The Morgan fingerprint density at radius 2 is 2.16 bits per heavy atom. The Kier molecular flexibility index (Phi) is 4.76. The van der Waals surface area contributed by atoms with Gasteiger partial charge in [0.25, 0.3) is 0 Å². The summed E-state index contributed by atoms with van der Waals surface area (Å²) in [5, 5.41) is 7.61. The maximum absolute atomic E-state index is 11.7. The summed E-state index contributed by atoms with van der Waals surface area (Å²) >= 11 is 11.7. The lowest BCUT2D eigenvalue weighted by atomic mass is 10.2. The lowest BCUT2D eigenvalue weighted by Gasteiger charge is -2.06. The summed E-state index contributed by atoms with van der Waals surface area (Å²) in [6.07, 6.45) is 4.18. The monoisotopic (exact) mass is 298 g/mol. The van der Waals surface area contributed by atoms with Crippen molar-refractivity contribution in [2.24, 2.45) is 0 Å². The number of aryl methyl sites for hydroxylation is 1. The van der Waals surface area contributed by atoms with Gasteiger partial charge in [0, 0.05) is 18.7 Å². The molecular weight excluding hydrogens is 287 g/mol. The molecule has 0 unspecified atom stereocenters. The number of aromatic nitrogens is 3. The first-order chi connectivity index (χ1) is 9.15. The Hall–Kier alpha value is -1.59. The number of hydrogen-bond acceptors (Lipinski definition) is 3. The number of carbonyl (C=O) groups excluding carboxylic acids is 1. The van der Waals surface area contributed by atoms with Crippen LogP contribution in [0.5, 0.6) is 0 Å². The topological polar surface area (TPSA) is 59.8 Å². The van der Waals surface area contributed by atoms with E-state index in [0.29, 0.717) is 35.1 Å². The van der Waals surface area contributed by atoms with Gasteiger partial charge in [-0.05, 0) is 24.6 Å². The van der Waals surface area contributed by atoms with E-state index in [1.165, 1.54) is 6.33 Å². The van der Waals surface area contributed by atoms with Gasteiger partial charge in [0.05, 0.1) is 10.0 Å². The molecule has 5 nitrogen and oxygen atoms in total. The van der Waals surface area contributed by atoms with Crippen LogP contribution in [-0.2, 0) is 11.3 Å². The van der Waals surface area contributed by atoms with Crippen LogP contribution in [0.1, 0.15) is 12.8 Å². The first-order valence-electron chi connectivity index (χ1n) is 5.72. The van der Waals surface area contributed by atoms with Crippen molar-refractivity contribution in [2.45, 2.75) is 19.4 Å². The lowest BCUT2D eigenvalue weighted by molar-refractivity contribution is -0.116. The molecule has 19 heavy (non-hydrogen) atoms. The van der Waals surface area contributed by atoms with Crippen LogP contribution in [0.25, 0.3) is 0 Å². The first kappa shape index (κ1) is 13.8. The van der Waals surface area contributed by atoms with E-state index in [0.717, 1.165) is 0 Å². The summed E-state index contributed by atoms with van der Waals surface area (Å²) in [5.41, 5.74) is 0.639. The zero-order valence-corrected chi connectivity index (χ0v) is 11.5. The average molecular weight is 299 g/mol. The van der Waals surface area contributed by atoms with Crippen LogP contribution in [-0.4, -0.2) is 20.7 Å². The molecule has 0 bridgehead atoms. The highest BCUT2D eigenvalue weighted by Crippen LogP contribution is 2.25. The van der Waals surface area contributed by atoms with Crippen LogP contribution in [0, 0.1) is 0 Å². The lowest BCUT2D eigenvalue weighted by Crippen LogP contribution is -2.12. The van der Waals surface area contributed by atoms with Crippen molar-refractivity contribution in [1.82, 2.24) is 14.8 Å². The number of amides is 1. The molecule has 0 radical (unpaired) electrons. The Morgan fingerprint density at radius 3 is 2.84 bits per heavy atom. The largest absolute Gasteiger partial charge is 0.326 e. The van der Waals surface area contributed by atoms with Crippen molar-refractivity contribution < 1.29 is 4.79 Å². The third-order valence-electron chi connectivity index (χ3n) is 2.46. The minimum Gasteiger partial charge on any atom is -0.326 e. The van der Waals surface area contributed by atoms with E-state index < -0.39 is 0 Å². The molecule has 1 amide bonds. The van der Waals surface area contributed by atoms with Crippen molar-refractivity contribution >= 4 is 34.8 Å². The average Bonchev–Trinajstić information content (AvgIpc) is 2.87. The summed E-state index contributed by atoms with van der Waals surface area (Å²) in [6.45, 7) is 0.662. The molecule has 100 valence electrons. The molecule has 0 fully saturated rings. The van der Waals surface area contributed by atoms with Crippen molar-refractivity contribution in [3.8, 4) is 0 Å². The van der Waals surface area contributed by atoms with Crippen LogP contribution < -0.4 is 5.32 Å². The fourth-order valence-electron chi connectivity index (χ4n) is 1.55. The fraction of sp³-hybridized carbons (Fsp3) is 0.250. The summed E-state index contributed by atoms with van der Waals surface area (Å²) in [6, 6.07) is 4.98. The molecule has 0 aliphatic heterocycles. The summed E-state index contributed by atoms with van der Waals surface area (Å²) < 4.78 is 1.69. The maximum atomic E-state index is 11.7. The quantitative estimate of drug-likeness (QED) is 0.923. The van der Waals surface area contributed by atoms with Gasteiger partial charge in [-0.2, -0.15) is 5.10 Å².